The Hall–Kier alpha value is -1.84. The molecule has 0 aliphatic carbocycles. The van der Waals surface area contributed by atoms with Crippen LogP contribution in [-0.2, 0) is 13.6 Å². The molecule has 2 N–H and O–H groups in total. The molecule has 2 aromatic rings. The quantitative estimate of drug-likeness (QED) is 0.248. The van der Waals surface area contributed by atoms with Gasteiger partial charge in [0.1, 0.15) is 18.1 Å². The zero-order valence-electron chi connectivity index (χ0n) is 19.9. The van der Waals surface area contributed by atoms with Crippen molar-refractivity contribution in [3.63, 3.8) is 0 Å². The number of unbranched alkanes of at least 4 members (excludes halogenated alkanes) is 1. The van der Waals surface area contributed by atoms with Crippen molar-refractivity contribution in [1.29, 1.82) is 0 Å². The maximum Gasteiger partial charge on any atom is 0.192 e. The van der Waals surface area contributed by atoms with Crippen LogP contribution in [-0.4, -0.2) is 33.9 Å². The third kappa shape index (κ3) is 7.35. The zero-order valence-corrected chi connectivity index (χ0v) is 22.3. The normalized spacial score (nSPS) is 16.5. The molecule has 1 aliphatic heterocycles. The van der Waals surface area contributed by atoms with Crippen molar-refractivity contribution in [3.8, 4) is 5.75 Å². The summed E-state index contributed by atoms with van der Waals surface area (Å²) in [7, 11) is 1.98. The van der Waals surface area contributed by atoms with Crippen molar-refractivity contribution < 1.29 is 4.74 Å². The summed E-state index contributed by atoms with van der Waals surface area (Å²) >= 11 is 0. The summed E-state index contributed by atoms with van der Waals surface area (Å²) in [4.78, 5) is 4.88. The van der Waals surface area contributed by atoms with E-state index in [0.29, 0.717) is 19.1 Å². The lowest BCUT2D eigenvalue weighted by molar-refractivity contribution is 0.261. The van der Waals surface area contributed by atoms with Crippen LogP contribution in [0.25, 0.3) is 0 Å². The molecular weight excluding hydrogens is 515 g/mol. The first kappa shape index (κ1) is 26.4. The van der Waals surface area contributed by atoms with Crippen LogP contribution < -0.4 is 15.4 Å². The maximum atomic E-state index is 5.84. The van der Waals surface area contributed by atoms with Crippen LogP contribution in [0.2, 0.25) is 0 Å². The van der Waals surface area contributed by atoms with Gasteiger partial charge in [-0.15, -0.1) is 34.2 Å². The number of rotatable bonds is 10. The van der Waals surface area contributed by atoms with Crippen LogP contribution in [0.3, 0.4) is 0 Å². The van der Waals surface area contributed by atoms with E-state index in [4.69, 9.17) is 9.73 Å². The second-order valence-electron chi connectivity index (χ2n) is 8.44. The Labute approximate surface area is 209 Å². The molecule has 2 atom stereocenters. The fourth-order valence-electron chi connectivity index (χ4n) is 4.04. The first-order valence-electron chi connectivity index (χ1n) is 11.7. The topological polar surface area (TPSA) is 76.4 Å². The summed E-state index contributed by atoms with van der Waals surface area (Å²) < 4.78 is 7.83. The van der Waals surface area contributed by atoms with Gasteiger partial charge in [0, 0.05) is 25.6 Å². The Kier molecular flexibility index (Phi) is 11.3. The average Bonchev–Trinajstić information content (AvgIpc) is 3.11. The van der Waals surface area contributed by atoms with E-state index in [2.05, 4.69) is 46.8 Å². The molecule has 178 valence electrons. The summed E-state index contributed by atoms with van der Waals surface area (Å²) in [6.45, 7) is 8.62. The number of halogens is 1. The summed E-state index contributed by atoms with van der Waals surface area (Å²) in [5.41, 5.74) is 1.19. The number of aryl methyl sites for hydroxylation is 1. The zero-order chi connectivity index (χ0) is 22.1. The van der Waals surface area contributed by atoms with E-state index in [1.54, 1.807) is 0 Å². The number of fused-ring (bicyclic) bond motifs is 1. The standard InChI is InChI=1S/C24H38N6O.HI/c1-5-7-11-19(10-6-2)16-25-24(26-17-23-29-28-18(3)30(23)4)27-21-14-15-31-22-13-9-8-12-20(21)22;/h8-9,12-13,19,21H,5-7,10-11,14-17H2,1-4H3,(H2,25,26,27);1H. The van der Waals surface area contributed by atoms with Gasteiger partial charge in [0.15, 0.2) is 11.8 Å². The number of nitrogens with one attached hydrogen (secondary N) is 2. The Morgan fingerprint density at radius 3 is 2.75 bits per heavy atom. The van der Waals surface area contributed by atoms with Crippen molar-refractivity contribution in [3.05, 3.63) is 41.5 Å². The van der Waals surface area contributed by atoms with Gasteiger partial charge in [-0.05, 0) is 31.7 Å². The Bertz CT molecular complexity index is 853. The monoisotopic (exact) mass is 554 g/mol. The molecule has 0 amide bonds. The van der Waals surface area contributed by atoms with E-state index in [9.17, 15) is 0 Å². The van der Waals surface area contributed by atoms with Gasteiger partial charge in [-0.1, -0.05) is 51.3 Å². The van der Waals surface area contributed by atoms with Gasteiger partial charge in [0.25, 0.3) is 0 Å². The molecule has 1 aliphatic rings. The Morgan fingerprint density at radius 1 is 1.22 bits per heavy atom. The third-order valence-corrected chi connectivity index (χ3v) is 6.05. The molecule has 0 spiro atoms. The largest absolute Gasteiger partial charge is 0.493 e. The van der Waals surface area contributed by atoms with Gasteiger partial charge in [-0.25, -0.2) is 4.99 Å². The lowest BCUT2D eigenvalue weighted by Crippen LogP contribution is -2.43. The van der Waals surface area contributed by atoms with Gasteiger partial charge in [-0.2, -0.15) is 0 Å². The number of para-hydroxylation sites is 1. The number of aliphatic imine (C=N–C) groups is 1. The van der Waals surface area contributed by atoms with E-state index in [1.165, 1.54) is 37.7 Å². The number of nitrogens with zero attached hydrogens (tertiary/aromatic N) is 4. The highest BCUT2D eigenvalue weighted by Crippen LogP contribution is 2.31. The van der Waals surface area contributed by atoms with Gasteiger partial charge >= 0.3 is 0 Å². The van der Waals surface area contributed by atoms with Crippen molar-refractivity contribution in [2.45, 2.75) is 71.9 Å². The highest BCUT2D eigenvalue weighted by atomic mass is 127. The number of hydrogen-bond acceptors (Lipinski definition) is 4. The Balaban J connectivity index is 0.00000363. The fraction of sp³-hybridized carbons (Fsp3) is 0.625. The summed E-state index contributed by atoms with van der Waals surface area (Å²) in [5, 5.41) is 15.7. The van der Waals surface area contributed by atoms with Crippen LogP contribution in [0.5, 0.6) is 5.75 Å². The molecule has 2 unspecified atom stereocenters. The molecular formula is C24H39IN6O. The molecule has 0 radical (unpaired) electrons. The van der Waals surface area contributed by atoms with E-state index in [-0.39, 0.29) is 30.0 Å². The molecule has 7 nitrogen and oxygen atoms in total. The van der Waals surface area contributed by atoms with Crippen LogP contribution in [0.15, 0.2) is 29.3 Å². The van der Waals surface area contributed by atoms with Gasteiger partial charge in [0.2, 0.25) is 0 Å². The lowest BCUT2D eigenvalue weighted by Gasteiger charge is -2.28. The molecule has 0 bridgehead atoms. The number of ether oxygens (including phenoxy) is 1. The molecule has 0 saturated heterocycles. The molecule has 0 fully saturated rings. The minimum Gasteiger partial charge on any atom is -0.493 e. The summed E-state index contributed by atoms with van der Waals surface area (Å²) in [6.07, 6.45) is 7.13. The lowest BCUT2D eigenvalue weighted by atomic mass is 9.97. The minimum atomic E-state index is 0. The average molecular weight is 555 g/mol. The number of aromatic nitrogens is 3. The molecule has 2 heterocycles. The van der Waals surface area contributed by atoms with Crippen LogP contribution in [0.1, 0.15) is 75.6 Å². The van der Waals surface area contributed by atoms with Gasteiger partial charge in [0.05, 0.1) is 12.6 Å². The van der Waals surface area contributed by atoms with Gasteiger partial charge < -0.3 is 19.9 Å². The van der Waals surface area contributed by atoms with Crippen LogP contribution in [0, 0.1) is 12.8 Å². The number of benzene rings is 1. The van der Waals surface area contributed by atoms with Crippen molar-refractivity contribution in [2.24, 2.45) is 18.0 Å². The van der Waals surface area contributed by atoms with Crippen molar-refractivity contribution in [2.75, 3.05) is 13.2 Å². The predicted octanol–water partition coefficient (Wildman–Crippen LogP) is 4.91. The maximum absolute atomic E-state index is 5.84. The second kappa shape index (κ2) is 13.6. The van der Waals surface area contributed by atoms with Crippen molar-refractivity contribution in [1.82, 2.24) is 25.4 Å². The molecule has 8 heteroatoms. The molecule has 1 aromatic carbocycles. The number of hydrogen-bond donors (Lipinski definition) is 2. The third-order valence-electron chi connectivity index (χ3n) is 6.05. The second-order valence-corrected chi connectivity index (χ2v) is 8.44. The highest BCUT2D eigenvalue weighted by Gasteiger charge is 2.22. The van der Waals surface area contributed by atoms with Gasteiger partial charge in [-0.3, -0.25) is 0 Å². The highest BCUT2D eigenvalue weighted by molar-refractivity contribution is 14.0. The molecule has 0 saturated carbocycles. The first-order valence-corrected chi connectivity index (χ1v) is 11.7. The van der Waals surface area contributed by atoms with E-state index in [1.807, 2.05) is 30.7 Å². The van der Waals surface area contributed by atoms with Crippen LogP contribution >= 0.6 is 24.0 Å². The summed E-state index contributed by atoms with van der Waals surface area (Å²) in [5.74, 6) is 4.22. The van der Waals surface area contributed by atoms with Crippen LogP contribution in [0.4, 0.5) is 0 Å². The van der Waals surface area contributed by atoms with E-state index < -0.39 is 0 Å². The fourth-order valence-corrected chi connectivity index (χ4v) is 4.04. The minimum absolute atomic E-state index is 0. The SMILES string of the molecule is CCCCC(CCC)CNC(=NCc1nnc(C)n1C)NC1CCOc2ccccc21.I. The number of guanidine groups is 1. The first-order chi connectivity index (χ1) is 15.1. The molecule has 32 heavy (non-hydrogen) atoms. The summed E-state index contributed by atoms with van der Waals surface area (Å²) in [6, 6.07) is 8.44. The smallest absolute Gasteiger partial charge is 0.192 e. The predicted molar refractivity (Wildman–Crippen MR) is 141 cm³/mol. The molecule has 1 aromatic heterocycles. The van der Waals surface area contributed by atoms with E-state index >= 15 is 0 Å². The Morgan fingerprint density at radius 2 is 2.03 bits per heavy atom. The molecule has 3 rings (SSSR count). The van der Waals surface area contributed by atoms with Crippen molar-refractivity contribution >= 4 is 29.9 Å². The van der Waals surface area contributed by atoms with E-state index in [0.717, 1.165) is 36.3 Å².